The van der Waals surface area contributed by atoms with E-state index in [-0.39, 0.29) is 0 Å². The van der Waals surface area contributed by atoms with Crippen LogP contribution < -0.4 is 4.74 Å². The predicted molar refractivity (Wildman–Crippen MR) is 123 cm³/mol. The van der Waals surface area contributed by atoms with Crippen LogP contribution in [0.3, 0.4) is 0 Å². The number of rotatable bonds is 9. The molecule has 6 heteroatoms. The third-order valence-corrected chi connectivity index (χ3v) is 6.56. The van der Waals surface area contributed by atoms with E-state index in [9.17, 15) is 0 Å². The Morgan fingerprint density at radius 1 is 0.967 bits per heavy atom. The number of nitrogens with zero attached hydrogens (tertiary/aromatic N) is 4. The Hall–Kier alpha value is -2.31. The van der Waals surface area contributed by atoms with E-state index in [1.807, 2.05) is 12.1 Å². The smallest absolute Gasteiger partial charge is 0.195 e. The highest BCUT2D eigenvalue weighted by molar-refractivity contribution is 7.99. The van der Waals surface area contributed by atoms with Crippen molar-refractivity contribution in [1.29, 1.82) is 0 Å². The summed E-state index contributed by atoms with van der Waals surface area (Å²) in [5.41, 5.74) is 3.69. The van der Waals surface area contributed by atoms with Gasteiger partial charge < -0.3 is 4.74 Å². The summed E-state index contributed by atoms with van der Waals surface area (Å²) in [6, 6.07) is 16.7. The number of benzene rings is 2. The highest BCUT2D eigenvalue weighted by Gasteiger charge is 2.19. The zero-order valence-corrected chi connectivity index (χ0v) is 18.7. The summed E-state index contributed by atoms with van der Waals surface area (Å²) < 4.78 is 8.14. The lowest BCUT2D eigenvalue weighted by Gasteiger charge is -2.16. The fraction of sp³-hybridized carbons (Fsp3) is 0.417. The summed E-state index contributed by atoms with van der Waals surface area (Å²) in [7, 11) is 0. The van der Waals surface area contributed by atoms with Gasteiger partial charge in [0.1, 0.15) is 5.75 Å². The normalized spacial score (nSPS) is 14.3. The van der Waals surface area contributed by atoms with Crippen LogP contribution in [0, 0.1) is 13.8 Å². The first-order valence-electron chi connectivity index (χ1n) is 10.8. The molecular weight excluding hydrogens is 392 g/mol. The summed E-state index contributed by atoms with van der Waals surface area (Å²) in [5.74, 6) is 2.92. The van der Waals surface area contributed by atoms with Crippen molar-refractivity contribution < 1.29 is 4.74 Å². The van der Waals surface area contributed by atoms with Gasteiger partial charge >= 0.3 is 0 Å². The number of para-hydroxylation sites is 1. The standard InChI is InChI=1S/C24H30N4OS/c1-19-11-12-22(17-20(19)2)29-15-8-16-30-24-26-25-23(18-27-13-6-7-14-27)28(24)21-9-4-3-5-10-21/h3-5,9-12,17H,6-8,13-16,18H2,1-2H3. The highest BCUT2D eigenvalue weighted by Crippen LogP contribution is 2.24. The van der Waals surface area contributed by atoms with Crippen molar-refractivity contribution in [2.45, 2.75) is 44.8 Å². The monoisotopic (exact) mass is 422 g/mol. The van der Waals surface area contributed by atoms with Crippen molar-refractivity contribution in [3.8, 4) is 11.4 Å². The van der Waals surface area contributed by atoms with E-state index in [4.69, 9.17) is 4.74 Å². The molecular formula is C24H30N4OS. The van der Waals surface area contributed by atoms with E-state index >= 15 is 0 Å². The average Bonchev–Trinajstić information content (AvgIpc) is 3.41. The van der Waals surface area contributed by atoms with E-state index in [2.05, 4.69) is 69.9 Å². The fourth-order valence-electron chi connectivity index (χ4n) is 3.69. The van der Waals surface area contributed by atoms with Crippen LogP contribution >= 0.6 is 11.8 Å². The molecule has 1 aromatic heterocycles. The van der Waals surface area contributed by atoms with Crippen LogP contribution in [-0.2, 0) is 6.54 Å². The van der Waals surface area contributed by atoms with Crippen LogP contribution in [-0.4, -0.2) is 45.1 Å². The lowest BCUT2D eigenvalue weighted by molar-refractivity contribution is 0.318. The Bertz CT molecular complexity index is 951. The molecule has 0 radical (unpaired) electrons. The Kier molecular flexibility index (Phi) is 7.07. The van der Waals surface area contributed by atoms with Crippen LogP contribution in [0.5, 0.6) is 5.75 Å². The number of aromatic nitrogens is 3. The van der Waals surface area contributed by atoms with Gasteiger partial charge in [0.2, 0.25) is 0 Å². The van der Waals surface area contributed by atoms with Gasteiger partial charge in [-0.25, -0.2) is 0 Å². The molecule has 5 nitrogen and oxygen atoms in total. The third-order valence-electron chi connectivity index (χ3n) is 5.55. The minimum Gasteiger partial charge on any atom is -0.494 e. The minimum absolute atomic E-state index is 0.704. The number of likely N-dealkylation sites (tertiary alicyclic amines) is 1. The van der Waals surface area contributed by atoms with Crippen molar-refractivity contribution >= 4 is 11.8 Å². The van der Waals surface area contributed by atoms with Crippen LogP contribution in [0.4, 0.5) is 0 Å². The fourth-order valence-corrected chi connectivity index (χ4v) is 4.57. The van der Waals surface area contributed by atoms with Crippen LogP contribution in [0.2, 0.25) is 0 Å². The number of thioether (sulfide) groups is 1. The molecule has 1 saturated heterocycles. The molecule has 1 aliphatic heterocycles. The van der Waals surface area contributed by atoms with Crippen molar-refractivity contribution in [2.24, 2.45) is 0 Å². The first kappa shape index (κ1) is 20.9. The Morgan fingerprint density at radius 3 is 2.53 bits per heavy atom. The Labute approximate surface area is 183 Å². The maximum Gasteiger partial charge on any atom is 0.195 e. The predicted octanol–water partition coefficient (Wildman–Crippen LogP) is 5.04. The van der Waals surface area contributed by atoms with Gasteiger partial charge in [-0.15, -0.1) is 10.2 Å². The Balaban J connectivity index is 1.37. The molecule has 1 aliphatic rings. The highest BCUT2D eigenvalue weighted by atomic mass is 32.2. The van der Waals surface area contributed by atoms with Crippen molar-refractivity contribution in [3.63, 3.8) is 0 Å². The van der Waals surface area contributed by atoms with E-state index in [0.717, 1.165) is 54.2 Å². The second-order valence-corrected chi connectivity index (χ2v) is 8.91. The molecule has 0 N–H and O–H groups in total. The van der Waals surface area contributed by atoms with Gasteiger partial charge in [0, 0.05) is 11.4 Å². The van der Waals surface area contributed by atoms with E-state index in [1.165, 1.54) is 24.0 Å². The van der Waals surface area contributed by atoms with Gasteiger partial charge in [-0.2, -0.15) is 0 Å². The summed E-state index contributed by atoms with van der Waals surface area (Å²) >= 11 is 1.75. The molecule has 3 aromatic rings. The molecule has 30 heavy (non-hydrogen) atoms. The zero-order chi connectivity index (χ0) is 20.8. The molecule has 0 unspecified atom stereocenters. The topological polar surface area (TPSA) is 43.2 Å². The molecule has 0 saturated carbocycles. The van der Waals surface area contributed by atoms with Crippen LogP contribution in [0.1, 0.15) is 36.2 Å². The molecule has 0 spiro atoms. The Morgan fingerprint density at radius 2 is 1.77 bits per heavy atom. The summed E-state index contributed by atoms with van der Waals surface area (Å²) in [4.78, 5) is 2.47. The number of hydrogen-bond acceptors (Lipinski definition) is 5. The molecule has 0 atom stereocenters. The van der Waals surface area contributed by atoms with E-state index in [1.54, 1.807) is 11.8 Å². The quantitative estimate of drug-likeness (QED) is 0.357. The molecule has 0 bridgehead atoms. The molecule has 4 rings (SSSR count). The summed E-state index contributed by atoms with van der Waals surface area (Å²) in [5, 5.41) is 10.0. The van der Waals surface area contributed by atoms with Crippen molar-refractivity contribution in [3.05, 3.63) is 65.5 Å². The average molecular weight is 423 g/mol. The second kappa shape index (κ2) is 10.1. The van der Waals surface area contributed by atoms with Crippen molar-refractivity contribution in [2.75, 3.05) is 25.4 Å². The molecule has 2 heterocycles. The summed E-state index contributed by atoms with van der Waals surface area (Å²) in [6.07, 6.45) is 3.52. The van der Waals surface area contributed by atoms with E-state index in [0.29, 0.717) is 6.61 Å². The number of hydrogen-bond donors (Lipinski definition) is 0. The lowest BCUT2D eigenvalue weighted by atomic mass is 10.1. The van der Waals surface area contributed by atoms with Gasteiger partial charge in [0.05, 0.1) is 13.2 Å². The summed E-state index contributed by atoms with van der Waals surface area (Å²) in [6.45, 7) is 8.11. The number of aryl methyl sites for hydroxylation is 2. The van der Waals surface area contributed by atoms with Gasteiger partial charge in [-0.05, 0) is 81.6 Å². The van der Waals surface area contributed by atoms with Crippen LogP contribution in [0.25, 0.3) is 5.69 Å². The van der Waals surface area contributed by atoms with Gasteiger partial charge in [0.15, 0.2) is 11.0 Å². The lowest BCUT2D eigenvalue weighted by Crippen LogP contribution is -2.21. The van der Waals surface area contributed by atoms with E-state index < -0.39 is 0 Å². The first-order valence-corrected chi connectivity index (χ1v) is 11.7. The molecule has 0 aliphatic carbocycles. The first-order chi connectivity index (χ1) is 14.7. The van der Waals surface area contributed by atoms with Crippen LogP contribution in [0.15, 0.2) is 53.7 Å². The van der Waals surface area contributed by atoms with Crippen molar-refractivity contribution in [1.82, 2.24) is 19.7 Å². The molecule has 1 fully saturated rings. The maximum absolute atomic E-state index is 5.93. The second-order valence-electron chi connectivity index (χ2n) is 7.85. The van der Waals surface area contributed by atoms with Gasteiger partial charge in [0.25, 0.3) is 0 Å². The molecule has 0 amide bonds. The maximum atomic E-state index is 5.93. The third kappa shape index (κ3) is 5.24. The number of ether oxygens (including phenoxy) is 1. The minimum atomic E-state index is 0.704. The zero-order valence-electron chi connectivity index (χ0n) is 17.9. The molecule has 158 valence electrons. The van der Waals surface area contributed by atoms with Gasteiger partial charge in [-0.3, -0.25) is 9.47 Å². The molecule has 2 aromatic carbocycles. The SMILES string of the molecule is Cc1ccc(OCCCSc2nnc(CN3CCCC3)n2-c2ccccc2)cc1C. The largest absolute Gasteiger partial charge is 0.494 e. The van der Waals surface area contributed by atoms with Gasteiger partial charge in [-0.1, -0.05) is 36.0 Å².